The molecule has 0 fully saturated rings. The molecule has 0 spiro atoms. The normalized spacial score (nSPS) is 12.6. The van der Waals surface area contributed by atoms with Gasteiger partial charge in [-0.05, 0) is 36.6 Å². The van der Waals surface area contributed by atoms with E-state index in [-0.39, 0.29) is 0 Å². The van der Waals surface area contributed by atoms with Crippen LogP contribution in [0.2, 0.25) is 0 Å². The third-order valence-electron chi connectivity index (χ3n) is 5.11. The first kappa shape index (κ1) is 19.0. The minimum Gasteiger partial charge on any atom is -0.496 e. The average molecular weight is 391 g/mol. The molecule has 0 radical (unpaired) electrons. The third kappa shape index (κ3) is 4.08. The Kier molecular flexibility index (Phi) is 5.74. The lowest BCUT2D eigenvalue weighted by Gasteiger charge is -2.19. The summed E-state index contributed by atoms with van der Waals surface area (Å²) in [6.07, 6.45) is 3.73. The summed E-state index contributed by atoms with van der Waals surface area (Å²) in [4.78, 5) is 7.04. The highest BCUT2D eigenvalue weighted by atomic mass is 16.5. The van der Waals surface area contributed by atoms with Gasteiger partial charge in [-0.1, -0.05) is 24.3 Å². The fourth-order valence-electron chi connectivity index (χ4n) is 3.71. The van der Waals surface area contributed by atoms with Crippen molar-refractivity contribution in [2.45, 2.75) is 12.8 Å². The Balaban J connectivity index is 1.39. The van der Waals surface area contributed by atoms with E-state index in [1.54, 1.807) is 20.4 Å². The smallest absolute Gasteiger partial charge is 0.243 e. The van der Waals surface area contributed by atoms with Crippen LogP contribution in [0, 0.1) is 0 Å². The summed E-state index contributed by atoms with van der Waals surface area (Å²) in [7, 11) is 3.26. The number of hydrogen-bond donors (Lipinski definition) is 1. The van der Waals surface area contributed by atoms with Crippen molar-refractivity contribution >= 4 is 11.6 Å². The maximum atomic E-state index is 5.47. The molecule has 1 N–H and O–H groups in total. The molecule has 29 heavy (non-hydrogen) atoms. The second kappa shape index (κ2) is 8.77. The van der Waals surface area contributed by atoms with Gasteiger partial charge in [-0.2, -0.15) is 5.10 Å². The monoisotopic (exact) mass is 391 g/mol. The molecule has 0 atom stereocenters. The van der Waals surface area contributed by atoms with E-state index in [0.717, 1.165) is 38.0 Å². The van der Waals surface area contributed by atoms with Crippen LogP contribution in [-0.2, 0) is 6.42 Å². The predicted molar refractivity (Wildman–Crippen MR) is 114 cm³/mol. The van der Waals surface area contributed by atoms with Crippen LogP contribution in [-0.4, -0.2) is 49.0 Å². The Morgan fingerprint density at radius 1 is 1.03 bits per heavy atom. The van der Waals surface area contributed by atoms with Crippen molar-refractivity contribution < 1.29 is 9.47 Å². The van der Waals surface area contributed by atoms with Crippen LogP contribution in [0.4, 0.5) is 11.6 Å². The number of fused-ring (bicyclic) bond motifs is 1. The summed E-state index contributed by atoms with van der Waals surface area (Å²) in [6.45, 7) is 2.85. The topological polar surface area (TPSA) is 72.4 Å². The summed E-state index contributed by atoms with van der Waals surface area (Å²) >= 11 is 0. The quantitative estimate of drug-likeness (QED) is 0.590. The predicted octanol–water partition coefficient (Wildman–Crippen LogP) is 3.42. The number of methoxy groups -OCH3 is 2. The lowest BCUT2D eigenvalue weighted by molar-refractivity contribution is 0.397. The molecule has 1 aromatic heterocycles. The largest absolute Gasteiger partial charge is 0.496 e. The number of anilines is 2. The zero-order chi connectivity index (χ0) is 20.1. The fourth-order valence-corrected chi connectivity index (χ4v) is 3.71. The summed E-state index contributed by atoms with van der Waals surface area (Å²) < 4.78 is 10.9. The Hall–Kier alpha value is -3.35. The van der Waals surface area contributed by atoms with E-state index in [4.69, 9.17) is 9.47 Å². The van der Waals surface area contributed by atoms with Crippen LogP contribution >= 0.6 is 0 Å². The second-order valence-electron chi connectivity index (χ2n) is 6.85. The van der Waals surface area contributed by atoms with E-state index in [1.165, 1.54) is 11.3 Å². The molecule has 0 amide bonds. The minimum atomic E-state index is 0.497. The molecule has 0 unspecified atom stereocenters. The van der Waals surface area contributed by atoms with Gasteiger partial charge in [0.05, 0.1) is 26.0 Å². The summed E-state index contributed by atoms with van der Waals surface area (Å²) in [6, 6.07) is 14.3. The molecule has 4 rings (SSSR count). The first-order chi connectivity index (χ1) is 14.3. The van der Waals surface area contributed by atoms with Gasteiger partial charge in [-0.25, -0.2) is 4.98 Å². The van der Waals surface area contributed by atoms with Gasteiger partial charge in [-0.15, -0.1) is 5.10 Å². The molecule has 1 aliphatic heterocycles. The number of hydrogen-bond acceptors (Lipinski definition) is 7. The molecular weight excluding hydrogens is 366 g/mol. The SMILES string of the molecule is COc1cccc(OC)c1-c1cnnc(NCCCN2CCc3ccccc32)n1. The van der Waals surface area contributed by atoms with Crippen molar-refractivity contribution in [1.29, 1.82) is 0 Å². The molecule has 0 bridgehead atoms. The van der Waals surface area contributed by atoms with Gasteiger partial charge >= 0.3 is 0 Å². The number of rotatable bonds is 8. The number of benzene rings is 2. The Bertz CT molecular complexity index is 957. The van der Waals surface area contributed by atoms with E-state index >= 15 is 0 Å². The van der Waals surface area contributed by atoms with Crippen LogP contribution in [0.15, 0.2) is 48.7 Å². The maximum absolute atomic E-state index is 5.47. The Morgan fingerprint density at radius 3 is 2.62 bits per heavy atom. The van der Waals surface area contributed by atoms with Crippen molar-refractivity contribution in [3.05, 3.63) is 54.2 Å². The lowest BCUT2D eigenvalue weighted by atomic mass is 10.1. The number of para-hydroxylation sites is 1. The highest BCUT2D eigenvalue weighted by molar-refractivity contribution is 5.74. The molecule has 2 aromatic carbocycles. The Labute approximate surface area is 170 Å². The summed E-state index contributed by atoms with van der Waals surface area (Å²) in [5.74, 6) is 1.87. The van der Waals surface area contributed by atoms with Crippen molar-refractivity contribution in [1.82, 2.24) is 15.2 Å². The standard InChI is InChI=1S/C22H25N5O2/c1-28-19-9-5-10-20(29-2)21(19)17-15-24-26-22(25-17)23-12-6-13-27-14-11-16-7-3-4-8-18(16)27/h3-5,7-10,15H,6,11-14H2,1-2H3,(H,23,25,26). The molecule has 7 heteroatoms. The number of aromatic nitrogens is 3. The van der Waals surface area contributed by atoms with Gasteiger partial charge in [0.15, 0.2) is 0 Å². The van der Waals surface area contributed by atoms with E-state index in [2.05, 4.69) is 49.7 Å². The molecule has 0 saturated heterocycles. The van der Waals surface area contributed by atoms with Gasteiger partial charge in [0, 0.05) is 25.3 Å². The molecule has 2 heterocycles. The van der Waals surface area contributed by atoms with E-state index in [9.17, 15) is 0 Å². The molecule has 0 saturated carbocycles. The van der Waals surface area contributed by atoms with E-state index in [0.29, 0.717) is 23.1 Å². The third-order valence-corrected chi connectivity index (χ3v) is 5.11. The first-order valence-electron chi connectivity index (χ1n) is 9.78. The van der Waals surface area contributed by atoms with Crippen LogP contribution in [0.3, 0.4) is 0 Å². The molecule has 3 aromatic rings. The van der Waals surface area contributed by atoms with Crippen molar-refractivity contribution in [2.75, 3.05) is 44.1 Å². The van der Waals surface area contributed by atoms with Crippen molar-refractivity contribution in [3.63, 3.8) is 0 Å². The highest BCUT2D eigenvalue weighted by Crippen LogP contribution is 2.37. The van der Waals surface area contributed by atoms with Gasteiger partial charge in [0.25, 0.3) is 0 Å². The molecule has 7 nitrogen and oxygen atoms in total. The van der Waals surface area contributed by atoms with Crippen LogP contribution < -0.4 is 19.7 Å². The van der Waals surface area contributed by atoms with Gasteiger partial charge < -0.3 is 19.7 Å². The zero-order valence-electron chi connectivity index (χ0n) is 16.8. The summed E-state index contributed by atoms with van der Waals surface area (Å²) in [5.41, 5.74) is 4.22. The average Bonchev–Trinajstić information content (AvgIpc) is 3.19. The highest BCUT2D eigenvalue weighted by Gasteiger charge is 2.18. The lowest BCUT2D eigenvalue weighted by Crippen LogP contribution is -2.23. The zero-order valence-corrected chi connectivity index (χ0v) is 16.8. The van der Waals surface area contributed by atoms with Crippen LogP contribution in [0.1, 0.15) is 12.0 Å². The molecular formula is C22H25N5O2. The second-order valence-corrected chi connectivity index (χ2v) is 6.85. The molecule has 0 aliphatic carbocycles. The van der Waals surface area contributed by atoms with Crippen molar-refractivity contribution in [3.8, 4) is 22.8 Å². The van der Waals surface area contributed by atoms with E-state index < -0.39 is 0 Å². The Morgan fingerprint density at radius 2 is 1.83 bits per heavy atom. The van der Waals surface area contributed by atoms with Gasteiger partial charge in [-0.3, -0.25) is 0 Å². The fraction of sp³-hybridized carbons (Fsp3) is 0.318. The minimum absolute atomic E-state index is 0.497. The number of nitrogens with one attached hydrogen (secondary N) is 1. The maximum Gasteiger partial charge on any atom is 0.243 e. The molecule has 1 aliphatic rings. The van der Waals surface area contributed by atoms with E-state index in [1.807, 2.05) is 18.2 Å². The molecule has 150 valence electrons. The number of ether oxygens (including phenoxy) is 2. The number of nitrogens with zero attached hydrogens (tertiary/aromatic N) is 4. The van der Waals surface area contributed by atoms with Gasteiger partial charge in [0.2, 0.25) is 5.95 Å². The van der Waals surface area contributed by atoms with Crippen LogP contribution in [0.5, 0.6) is 11.5 Å². The van der Waals surface area contributed by atoms with Gasteiger partial charge in [0.1, 0.15) is 17.2 Å². The van der Waals surface area contributed by atoms with Crippen LogP contribution in [0.25, 0.3) is 11.3 Å². The van der Waals surface area contributed by atoms with Crippen molar-refractivity contribution in [2.24, 2.45) is 0 Å². The summed E-state index contributed by atoms with van der Waals surface area (Å²) in [5, 5.41) is 11.5. The first-order valence-corrected chi connectivity index (χ1v) is 9.78.